The van der Waals surface area contributed by atoms with Gasteiger partial charge in [-0.15, -0.1) is 0 Å². The molecule has 0 atom stereocenters. The summed E-state index contributed by atoms with van der Waals surface area (Å²) in [5.74, 6) is 0.576. The Morgan fingerprint density at radius 2 is 1.94 bits per heavy atom. The fraction of sp³-hybridized carbons (Fsp3) is 0.571. The fourth-order valence-electron chi connectivity index (χ4n) is 2.61. The van der Waals surface area contributed by atoms with Crippen molar-refractivity contribution in [1.82, 2.24) is 0 Å². The SMILES string of the molecule is Nc1cc(F)cc(NCCC2CCCCC2)c1. The van der Waals surface area contributed by atoms with Crippen LogP contribution in [0.5, 0.6) is 0 Å². The molecule has 1 aromatic carbocycles. The lowest BCUT2D eigenvalue weighted by Crippen LogP contribution is -2.12. The molecule has 0 aromatic heterocycles. The zero-order valence-electron chi connectivity index (χ0n) is 10.2. The maximum Gasteiger partial charge on any atom is 0.127 e. The molecule has 1 aliphatic rings. The van der Waals surface area contributed by atoms with E-state index in [4.69, 9.17) is 5.73 Å². The van der Waals surface area contributed by atoms with Gasteiger partial charge in [0.2, 0.25) is 0 Å². The van der Waals surface area contributed by atoms with Crippen LogP contribution in [0.2, 0.25) is 0 Å². The van der Waals surface area contributed by atoms with Gasteiger partial charge in [0, 0.05) is 17.9 Å². The van der Waals surface area contributed by atoms with Crippen LogP contribution in [0.15, 0.2) is 18.2 Å². The number of nitrogens with two attached hydrogens (primary N) is 1. The summed E-state index contributed by atoms with van der Waals surface area (Å²) >= 11 is 0. The zero-order valence-corrected chi connectivity index (χ0v) is 10.2. The monoisotopic (exact) mass is 236 g/mol. The number of rotatable bonds is 4. The second-order valence-electron chi connectivity index (χ2n) is 4.99. The molecule has 17 heavy (non-hydrogen) atoms. The minimum absolute atomic E-state index is 0.273. The van der Waals surface area contributed by atoms with E-state index in [0.29, 0.717) is 5.69 Å². The third-order valence-corrected chi connectivity index (χ3v) is 3.53. The van der Waals surface area contributed by atoms with Crippen molar-refractivity contribution in [2.45, 2.75) is 38.5 Å². The molecule has 1 fully saturated rings. The lowest BCUT2D eigenvalue weighted by molar-refractivity contribution is 0.345. The minimum Gasteiger partial charge on any atom is -0.399 e. The Labute approximate surface area is 102 Å². The molecule has 0 bridgehead atoms. The molecule has 0 aliphatic heterocycles. The average Bonchev–Trinajstić information content (AvgIpc) is 2.29. The molecule has 1 saturated carbocycles. The number of halogens is 1. The first-order valence-corrected chi connectivity index (χ1v) is 6.54. The van der Waals surface area contributed by atoms with Crippen molar-refractivity contribution in [1.29, 1.82) is 0 Å². The van der Waals surface area contributed by atoms with Gasteiger partial charge in [-0.25, -0.2) is 4.39 Å². The molecule has 2 nitrogen and oxygen atoms in total. The molecule has 0 heterocycles. The summed E-state index contributed by atoms with van der Waals surface area (Å²) in [5.41, 5.74) is 6.86. The summed E-state index contributed by atoms with van der Waals surface area (Å²) in [7, 11) is 0. The van der Waals surface area contributed by atoms with E-state index in [2.05, 4.69) is 5.32 Å². The molecule has 2 rings (SSSR count). The summed E-state index contributed by atoms with van der Waals surface area (Å²) in [6, 6.07) is 4.62. The summed E-state index contributed by atoms with van der Waals surface area (Å²) < 4.78 is 13.1. The number of hydrogen-bond acceptors (Lipinski definition) is 2. The number of nitrogens with one attached hydrogen (secondary N) is 1. The van der Waals surface area contributed by atoms with Gasteiger partial charge in [-0.2, -0.15) is 0 Å². The third-order valence-electron chi connectivity index (χ3n) is 3.53. The maximum atomic E-state index is 13.1. The predicted octanol–water partition coefficient (Wildman–Crippen LogP) is 3.79. The Kier molecular flexibility index (Phi) is 4.24. The van der Waals surface area contributed by atoms with E-state index >= 15 is 0 Å². The highest BCUT2D eigenvalue weighted by molar-refractivity contribution is 5.54. The van der Waals surface area contributed by atoms with Gasteiger partial charge in [0.15, 0.2) is 0 Å². The van der Waals surface area contributed by atoms with E-state index in [-0.39, 0.29) is 5.82 Å². The summed E-state index contributed by atoms with van der Waals surface area (Å²) in [6.45, 7) is 0.910. The Morgan fingerprint density at radius 3 is 2.65 bits per heavy atom. The Balaban J connectivity index is 1.77. The lowest BCUT2D eigenvalue weighted by atomic mass is 9.87. The van der Waals surface area contributed by atoms with E-state index in [1.165, 1.54) is 50.7 Å². The molecular weight excluding hydrogens is 215 g/mol. The highest BCUT2D eigenvalue weighted by Crippen LogP contribution is 2.26. The van der Waals surface area contributed by atoms with Gasteiger partial charge in [0.25, 0.3) is 0 Å². The first-order chi connectivity index (χ1) is 8.24. The molecule has 0 spiro atoms. The topological polar surface area (TPSA) is 38.0 Å². The first kappa shape index (κ1) is 12.2. The predicted molar refractivity (Wildman–Crippen MR) is 70.5 cm³/mol. The van der Waals surface area contributed by atoms with Crippen molar-refractivity contribution in [3.63, 3.8) is 0 Å². The van der Waals surface area contributed by atoms with Gasteiger partial charge in [-0.05, 0) is 30.5 Å². The molecule has 94 valence electrons. The van der Waals surface area contributed by atoms with Crippen LogP contribution in [0.1, 0.15) is 38.5 Å². The van der Waals surface area contributed by atoms with Crippen LogP contribution in [-0.4, -0.2) is 6.54 Å². The fourth-order valence-corrected chi connectivity index (χ4v) is 2.61. The summed E-state index contributed by atoms with van der Waals surface area (Å²) in [5, 5.41) is 3.25. The van der Waals surface area contributed by atoms with Crippen molar-refractivity contribution in [3.05, 3.63) is 24.0 Å². The van der Waals surface area contributed by atoms with Gasteiger partial charge in [-0.3, -0.25) is 0 Å². The highest BCUT2D eigenvalue weighted by Gasteiger charge is 2.12. The van der Waals surface area contributed by atoms with Crippen LogP contribution in [0, 0.1) is 11.7 Å². The quantitative estimate of drug-likeness (QED) is 0.780. The summed E-state index contributed by atoms with van der Waals surface area (Å²) in [4.78, 5) is 0. The largest absolute Gasteiger partial charge is 0.399 e. The van der Waals surface area contributed by atoms with E-state index in [0.717, 1.165) is 18.2 Å². The van der Waals surface area contributed by atoms with Crippen LogP contribution in [0.4, 0.5) is 15.8 Å². The molecule has 3 N–H and O–H groups in total. The van der Waals surface area contributed by atoms with E-state index in [9.17, 15) is 4.39 Å². The van der Waals surface area contributed by atoms with Crippen molar-refractivity contribution in [3.8, 4) is 0 Å². The van der Waals surface area contributed by atoms with Crippen molar-refractivity contribution < 1.29 is 4.39 Å². The third kappa shape index (κ3) is 3.91. The normalized spacial score (nSPS) is 17.0. The van der Waals surface area contributed by atoms with Crippen molar-refractivity contribution in [2.75, 3.05) is 17.6 Å². The molecule has 1 aromatic rings. The zero-order chi connectivity index (χ0) is 12.1. The standard InChI is InChI=1S/C14H21FN2/c15-12-8-13(16)10-14(9-12)17-7-6-11-4-2-1-3-5-11/h8-11,17H,1-7,16H2. The highest BCUT2D eigenvalue weighted by atomic mass is 19.1. The van der Waals surface area contributed by atoms with Gasteiger partial charge in [0.05, 0.1) is 0 Å². The van der Waals surface area contributed by atoms with Gasteiger partial charge < -0.3 is 11.1 Å². The Morgan fingerprint density at radius 1 is 1.18 bits per heavy atom. The van der Waals surface area contributed by atoms with Crippen molar-refractivity contribution >= 4 is 11.4 Å². The van der Waals surface area contributed by atoms with Gasteiger partial charge >= 0.3 is 0 Å². The lowest BCUT2D eigenvalue weighted by Gasteiger charge is -2.21. The number of benzene rings is 1. The minimum atomic E-state index is -0.273. The number of anilines is 2. The number of nitrogen functional groups attached to an aromatic ring is 1. The van der Waals surface area contributed by atoms with Gasteiger partial charge in [0.1, 0.15) is 5.82 Å². The van der Waals surface area contributed by atoms with Gasteiger partial charge in [-0.1, -0.05) is 32.1 Å². The van der Waals surface area contributed by atoms with E-state index in [1.807, 2.05) is 0 Å². The molecule has 1 aliphatic carbocycles. The second-order valence-corrected chi connectivity index (χ2v) is 4.99. The Hall–Kier alpha value is -1.25. The molecular formula is C14H21FN2. The second kappa shape index (κ2) is 5.89. The molecule has 0 amide bonds. The molecule has 0 unspecified atom stereocenters. The van der Waals surface area contributed by atoms with Crippen LogP contribution in [0.25, 0.3) is 0 Å². The van der Waals surface area contributed by atoms with Crippen LogP contribution >= 0.6 is 0 Å². The number of hydrogen-bond donors (Lipinski definition) is 2. The maximum absolute atomic E-state index is 13.1. The van der Waals surface area contributed by atoms with Crippen LogP contribution in [0.3, 0.4) is 0 Å². The van der Waals surface area contributed by atoms with E-state index < -0.39 is 0 Å². The van der Waals surface area contributed by atoms with Crippen LogP contribution < -0.4 is 11.1 Å². The summed E-state index contributed by atoms with van der Waals surface area (Å²) in [6.07, 6.45) is 8.02. The Bertz CT molecular complexity index is 339. The molecule has 0 saturated heterocycles. The van der Waals surface area contributed by atoms with Crippen molar-refractivity contribution in [2.24, 2.45) is 5.92 Å². The van der Waals surface area contributed by atoms with Crippen LogP contribution in [-0.2, 0) is 0 Å². The smallest absolute Gasteiger partial charge is 0.127 e. The first-order valence-electron chi connectivity index (χ1n) is 6.54. The average molecular weight is 236 g/mol. The molecule has 3 heteroatoms. The van der Waals surface area contributed by atoms with E-state index in [1.54, 1.807) is 6.07 Å². The molecule has 0 radical (unpaired) electrons.